The molecule has 2 aromatic heterocycles. The van der Waals surface area contributed by atoms with Gasteiger partial charge in [-0.15, -0.1) is 11.8 Å². The molecule has 0 aliphatic carbocycles. The van der Waals surface area contributed by atoms with Crippen molar-refractivity contribution < 1.29 is 4.42 Å². The van der Waals surface area contributed by atoms with Crippen LogP contribution in [-0.4, -0.2) is 4.98 Å². The van der Waals surface area contributed by atoms with Gasteiger partial charge in [0.05, 0.1) is 5.75 Å². The number of nitrogens with zero attached hydrogens (tertiary/aromatic N) is 1. The summed E-state index contributed by atoms with van der Waals surface area (Å²) in [4.78, 5) is 4.96. The third-order valence-corrected chi connectivity index (χ3v) is 3.13. The largest absolute Gasteiger partial charge is 0.449 e. The van der Waals surface area contributed by atoms with E-state index in [9.17, 15) is 0 Å². The zero-order valence-electron chi connectivity index (χ0n) is 7.61. The van der Waals surface area contributed by atoms with Gasteiger partial charge in [-0.05, 0) is 35.9 Å². The average Bonchev–Trinajstić information content (AvgIpc) is 2.62. The Balaban J connectivity index is 1.99. The van der Waals surface area contributed by atoms with Gasteiger partial charge in [0.2, 0.25) is 0 Å². The van der Waals surface area contributed by atoms with Crippen LogP contribution in [0.15, 0.2) is 39.8 Å². The fourth-order valence-electron chi connectivity index (χ4n) is 1.06. The smallest absolute Gasteiger partial charge is 0.193 e. The maximum absolute atomic E-state index is 5.76. The van der Waals surface area contributed by atoms with E-state index in [0.717, 1.165) is 16.4 Å². The lowest BCUT2D eigenvalue weighted by Crippen LogP contribution is -1.78. The van der Waals surface area contributed by atoms with Crippen LogP contribution in [0.5, 0.6) is 0 Å². The van der Waals surface area contributed by atoms with E-state index in [2.05, 4.69) is 4.98 Å². The van der Waals surface area contributed by atoms with Crippen LogP contribution >= 0.6 is 35.0 Å². The molecule has 2 heterocycles. The Kier molecular flexibility index (Phi) is 3.57. The number of pyridine rings is 1. The molecule has 2 aromatic rings. The van der Waals surface area contributed by atoms with Crippen LogP contribution in [0.3, 0.4) is 0 Å². The first kappa shape index (κ1) is 10.9. The Morgan fingerprint density at radius 2 is 2.13 bits per heavy atom. The highest BCUT2D eigenvalue weighted by atomic mass is 35.5. The highest BCUT2D eigenvalue weighted by molar-refractivity contribution is 7.98. The van der Waals surface area contributed by atoms with Crippen molar-refractivity contribution in [2.24, 2.45) is 0 Å². The zero-order chi connectivity index (χ0) is 10.7. The molecule has 0 amide bonds. The molecule has 15 heavy (non-hydrogen) atoms. The summed E-state index contributed by atoms with van der Waals surface area (Å²) in [5.41, 5.74) is 0. The molecule has 0 fully saturated rings. The highest BCUT2D eigenvalue weighted by Gasteiger charge is 2.01. The van der Waals surface area contributed by atoms with Gasteiger partial charge in [0.1, 0.15) is 10.9 Å². The van der Waals surface area contributed by atoms with E-state index in [1.807, 2.05) is 18.2 Å². The van der Waals surface area contributed by atoms with Crippen LogP contribution < -0.4 is 0 Å². The lowest BCUT2D eigenvalue weighted by molar-refractivity contribution is 0.532. The van der Waals surface area contributed by atoms with Crippen LogP contribution in [-0.2, 0) is 5.75 Å². The molecule has 2 rings (SSSR count). The van der Waals surface area contributed by atoms with Crippen molar-refractivity contribution in [2.45, 2.75) is 10.6 Å². The van der Waals surface area contributed by atoms with Gasteiger partial charge in [-0.2, -0.15) is 0 Å². The lowest BCUT2D eigenvalue weighted by Gasteiger charge is -1.98. The first-order valence-corrected chi connectivity index (χ1v) is 5.97. The maximum atomic E-state index is 5.76. The highest BCUT2D eigenvalue weighted by Crippen LogP contribution is 2.25. The molecule has 0 unspecified atom stereocenters. The van der Waals surface area contributed by atoms with E-state index in [1.165, 1.54) is 0 Å². The first-order chi connectivity index (χ1) is 7.24. The van der Waals surface area contributed by atoms with Crippen molar-refractivity contribution in [1.82, 2.24) is 4.98 Å². The molecule has 0 bridgehead atoms. The molecule has 0 spiro atoms. The zero-order valence-corrected chi connectivity index (χ0v) is 9.94. The molecule has 5 heteroatoms. The number of aromatic nitrogens is 1. The molecule has 0 saturated carbocycles. The second kappa shape index (κ2) is 4.92. The summed E-state index contributed by atoms with van der Waals surface area (Å²) >= 11 is 13.0. The number of rotatable bonds is 3. The molecule has 2 nitrogen and oxygen atoms in total. The summed E-state index contributed by atoms with van der Waals surface area (Å²) in [6, 6.07) is 7.31. The molecule has 0 aromatic carbocycles. The lowest BCUT2D eigenvalue weighted by atomic mass is 10.5. The van der Waals surface area contributed by atoms with E-state index in [-0.39, 0.29) is 0 Å². The normalized spacial score (nSPS) is 10.5. The standard InChI is InChI=1S/C10H7Cl2NOS/c11-9-5-8(3-4-13-9)15-6-7-1-2-10(12)14-7/h1-5H,6H2. The number of furan rings is 1. The van der Waals surface area contributed by atoms with Crippen LogP contribution in [0.4, 0.5) is 0 Å². The average molecular weight is 260 g/mol. The number of thioether (sulfide) groups is 1. The van der Waals surface area contributed by atoms with Gasteiger partial charge < -0.3 is 4.42 Å². The quantitative estimate of drug-likeness (QED) is 0.608. The minimum atomic E-state index is 0.415. The molecule has 0 radical (unpaired) electrons. The van der Waals surface area contributed by atoms with E-state index >= 15 is 0 Å². The SMILES string of the molecule is Clc1cc(SCc2ccc(Cl)o2)ccn1. The van der Waals surface area contributed by atoms with Gasteiger partial charge >= 0.3 is 0 Å². The van der Waals surface area contributed by atoms with E-state index < -0.39 is 0 Å². The number of hydrogen-bond donors (Lipinski definition) is 0. The molecule has 0 atom stereocenters. The second-order valence-corrected chi connectivity index (χ2v) is 4.62. The van der Waals surface area contributed by atoms with Gasteiger partial charge in [-0.25, -0.2) is 4.98 Å². The first-order valence-electron chi connectivity index (χ1n) is 4.22. The van der Waals surface area contributed by atoms with Gasteiger partial charge in [0, 0.05) is 11.1 Å². The monoisotopic (exact) mass is 259 g/mol. The van der Waals surface area contributed by atoms with Crippen LogP contribution in [0.2, 0.25) is 10.4 Å². The minimum absolute atomic E-state index is 0.415. The third kappa shape index (κ3) is 3.16. The molecular formula is C10H7Cl2NOS. The van der Waals surface area contributed by atoms with Gasteiger partial charge in [-0.3, -0.25) is 0 Å². The molecular weight excluding hydrogens is 253 g/mol. The fourth-order valence-corrected chi connectivity index (χ4v) is 2.28. The Labute approximate surface area is 102 Å². The Bertz CT molecular complexity index is 458. The van der Waals surface area contributed by atoms with Crippen molar-refractivity contribution in [2.75, 3.05) is 0 Å². The summed E-state index contributed by atoms with van der Waals surface area (Å²) < 4.78 is 5.23. The summed E-state index contributed by atoms with van der Waals surface area (Å²) in [5, 5.41) is 0.913. The predicted molar refractivity (Wildman–Crippen MR) is 62.5 cm³/mol. The van der Waals surface area contributed by atoms with Gasteiger partial charge in [0.15, 0.2) is 5.22 Å². The summed E-state index contributed by atoms with van der Waals surface area (Å²) in [5.74, 6) is 1.57. The molecule has 0 aliphatic rings. The third-order valence-electron chi connectivity index (χ3n) is 1.71. The van der Waals surface area contributed by atoms with Gasteiger partial charge in [0.25, 0.3) is 0 Å². The minimum Gasteiger partial charge on any atom is -0.449 e. The topological polar surface area (TPSA) is 26.0 Å². The fraction of sp³-hybridized carbons (Fsp3) is 0.100. The van der Waals surface area contributed by atoms with Crippen molar-refractivity contribution in [3.63, 3.8) is 0 Å². The van der Waals surface area contributed by atoms with Crippen molar-refractivity contribution in [3.05, 3.63) is 46.6 Å². The van der Waals surface area contributed by atoms with Gasteiger partial charge in [-0.1, -0.05) is 11.6 Å². The Hall–Kier alpha value is -0.640. The van der Waals surface area contributed by atoms with E-state index in [0.29, 0.717) is 10.4 Å². The molecule has 78 valence electrons. The van der Waals surface area contributed by atoms with Crippen molar-refractivity contribution in [3.8, 4) is 0 Å². The summed E-state index contributed by atoms with van der Waals surface area (Å²) in [6.07, 6.45) is 1.68. The molecule has 0 saturated heterocycles. The Morgan fingerprint density at radius 1 is 1.27 bits per heavy atom. The van der Waals surface area contributed by atoms with Crippen LogP contribution in [0.25, 0.3) is 0 Å². The summed E-state index contributed by atoms with van der Waals surface area (Å²) in [7, 11) is 0. The van der Waals surface area contributed by atoms with E-state index in [4.69, 9.17) is 27.6 Å². The predicted octanol–water partition coefficient (Wildman–Crippen LogP) is 4.27. The molecule has 0 aliphatic heterocycles. The second-order valence-electron chi connectivity index (χ2n) is 2.81. The molecule has 0 N–H and O–H groups in total. The van der Waals surface area contributed by atoms with Crippen molar-refractivity contribution >= 4 is 35.0 Å². The number of halogens is 2. The summed E-state index contributed by atoms with van der Waals surface area (Å²) in [6.45, 7) is 0. The maximum Gasteiger partial charge on any atom is 0.193 e. The van der Waals surface area contributed by atoms with Crippen LogP contribution in [0, 0.1) is 0 Å². The Morgan fingerprint density at radius 3 is 2.80 bits per heavy atom. The number of hydrogen-bond acceptors (Lipinski definition) is 3. The van der Waals surface area contributed by atoms with Crippen molar-refractivity contribution in [1.29, 1.82) is 0 Å². The van der Waals surface area contributed by atoms with Crippen LogP contribution in [0.1, 0.15) is 5.76 Å². The van der Waals surface area contributed by atoms with E-state index in [1.54, 1.807) is 24.0 Å².